The molecule has 0 saturated carbocycles. The minimum atomic E-state index is 0.759. The summed E-state index contributed by atoms with van der Waals surface area (Å²) in [6, 6.07) is 10.6. The molecule has 86 valence electrons. The lowest BCUT2D eigenvalue weighted by atomic mass is 10.0. The maximum absolute atomic E-state index is 5.79. The van der Waals surface area contributed by atoms with Gasteiger partial charge in [0.2, 0.25) is 0 Å². The Bertz CT molecular complexity index is 573. The van der Waals surface area contributed by atoms with E-state index in [0.29, 0.717) is 0 Å². The van der Waals surface area contributed by atoms with Crippen molar-refractivity contribution in [1.29, 1.82) is 0 Å². The Morgan fingerprint density at radius 3 is 2.71 bits per heavy atom. The van der Waals surface area contributed by atoms with E-state index in [9.17, 15) is 0 Å². The van der Waals surface area contributed by atoms with E-state index in [1.54, 1.807) is 0 Å². The highest BCUT2D eigenvalue weighted by molar-refractivity contribution is 5.64. The summed E-state index contributed by atoms with van der Waals surface area (Å²) in [6.07, 6.45) is 3.72. The number of aromatic nitrogens is 1. The number of hydrogen-bond acceptors (Lipinski definition) is 2. The first-order chi connectivity index (χ1) is 8.24. The average molecular weight is 224 g/mol. The van der Waals surface area contributed by atoms with Gasteiger partial charge in [-0.15, -0.1) is 0 Å². The predicted molar refractivity (Wildman–Crippen MR) is 70.8 cm³/mol. The van der Waals surface area contributed by atoms with Crippen LogP contribution in [0.1, 0.15) is 23.2 Å². The molecule has 2 nitrogen and oxygen atoms in total. The first-order valence-electron chi connectivity index (χ1n) is 6.09. The van der Waals surface area contributed by atoms with Crippen molar-refractivity contribution in [2.75, 3.05) is 5.73 Å². The summed E-state index contributed by atoms with van der Waals surface area (Å²) in [5.41, 5.74) is 12.7. The average Bonchev–Trinajstić information content (AvgIpc) is 2.79. The number of nitrogen functional groups attached to an aromatic ring is 1. The number of hydrogen-bond donors (Lipinski definition) is 1. The molecule has 0 saturated heterocycles. The normalized spacial score (nSPS) is 13.7. The number of anilines is 1. The van der Waals surface area contributed by atoms with Crippen molar-refractivity contribution in [1.82, 2.24) is 4.98 Å². The van der Waals surface area contributed by atoms with E-state index < -0.39 is 0 Å². The lowest BCUT2D eigenvalue weighted by Crippen LogP contribution is -1.94. The molecule has 1 aliphatic rings. The maximum atomic E-state index is 5.79. The Kier molecular flexibility index (Phi) is 2.36. The van der Waals surface area contributed by atoms with Crippen LogP contribution in [0.5, 0.6) is 0 Å². The van der Waals surface area contributed by atoms with E-state index in [1.165, 1.54) is 36.0 Å². The fraction of sp³-hybridized carbons (Fsp3) is 0.267. The van der Waals surface area contributed by atoms with Crippen molar-refractivity contribution in [3.63, 3.8) is 0 Å². The quantitative estimate of drug-likeness (QED) is 0.808. The zero-order valence-electron chi connectivity index (χ0n) is 10.0. The second-order valence-electron chi connectivity index (χ2n) is 4.71. The second-order valence-corrected chi connectivity index (χ2v) is 4.71. The van der Waals surface area contributed by atoms with Crippen molar-refractivity contribution in [3.8, 4) is 11.3 Å². The van der Waals surface area contributed by atoms with E-state index in [-0.39, 0.29) is 0 Å². The van der Waals surface area contributed by atoms with Gasteiger partial charge in [0, 0.05) is 5.56 Å². The second kappa shape index (κ2) is 3.88. The Morgan fingerprint density at radius 2 is 1.88 bits per heavy atom. The first kappa shape index (κ1) is 10.3. The maximum Gasteiger partial charge on any atom is 0.0706 e. The molecular formula is C15H16N2. The predicted octanol–water partition coefficient (Wildman–Crippen LogP) is 3.13. The number of benzene rings is 1. The minimum Gasteiger partial charge on any atom is -0.397 e. The molecule has 0 radical (unpaired) electrons. The highest BCUT2D eigenvalue weighted by atomic mass is 14.7. The molecule has 0 atom stereocenters. The van der Waals surface area contributed by atoms with Crippen molar-refractivity contribution < 1.29 is 0 Å². The molecule has 17 heavy (non-hydrogen) atoms. The van der Waals surface area contributed by atoms with Crippen LogP contribution >= 0.6 is 0 Å². The molecule has 0 unspecified atom stereocenters. The van der Waals surface area contributed by atoms with Crippen LogP contribution in [0.15, 0.2) is 30.3 Å². The molecule has 2 aromatic rings. The molecular weight excluding hydrogens is 208 g/mol. The van der Waals surface area contributed by atoms with Crippen LogP contribution in [0.3, 0.4) is 0 Å². The van der Waals surface area contributed by atoms with Crippen LogP contribution in [-0.4, -0.2) is 4.98 Å². The van der Waals surface area contributed by atoms with Gasteiger partial charge >= 0.3 is 0 Å². The molecule has 1 aromatic carbocycles. The molecule has 0 amide bonds. The number of nitrogens with zero attached hydrogens (tertiary/aromatic N) is 1. The molecule has 1 aromatic heterocycles. The summed E-state index contributed by atoms with van der Waals surface area (Å²) < 4.78 is 0. The summed E-state index contributed by atoms with van der Waals surface area (Å²) in [4.78, 5) is 4.54. The molecule has 0 fully saturated rings. The van der Waals surface area contributed by atoms with Crippen LogP contribution in [0, 0.1) is 6.92 Å². The minimum absolute atomic E-state index is 0.759. The molecule has 2 N–H and O–H groups in total. The Hall–Kier alpha value is -1.83. The van der Waals surface area contributed by atoms with E-state index in [1.807, 2.05) is 19.1 Å². The third-order valence-electron chi connectivity index (χ3n) is 3.52. The number of nitrogens with two attached hydrogens (primary N) is 1. The molecule has 0 spiro atoms. The number of fused-ring (bicyclic) bond motifs is 1. The lowest BCUT2D eigenvalue weighted by Gasteiger charge is -2.06. The van der Waals surface area contributed by atoms with Gasteiger partial charge in [-0.05, 0) is 55.5 Å². The van der Waals surface area contributed by atoms with Gasteiger partial charge in [0.15, 0.2) is 0 Å². The van der Waals surface area contributed by atoms with Gasteiger partial charge < -0.3 is 5.73 Å². The van der Waals surface area contributed by atoms with Crippen LogP contribution < -0.4 is 5.73 Å². The summed E-state index contributed by atoms with van der Waals surface area (Å²) in [5.74, 6) is 0. The number of pyridine rings is 1. The van der Waals surface area contributed by atoms with Crippen molar-refractivity contribution >= 4 is 5.69 Å². The number of rotatable bonds is 1. The lowest BCUT2D eigenvalue weighted by molar-refractivity contribution is 0.912. The molecule has 1 heterocycles. The Balaban J connectivity index is 2.06. The summed E-state index contributed by atoms with van der Waals surface area (Å²) in [7, 11) is 0. The molecule has 3 rings (SSSR count). The zero-order chi connectivity index (χ0) is 11.8. The first-order valence-corrected chi connectivity index (χ1v) is 6.09. The third kappa shape index (κ3) is 1.80. The molecule has 0 bridgehead atoms. The highest BCUT2D eigenvalue weighted by Gasteiger charge is 2.12. The van der Waals surface area contributed by atoms with Crippen LogP contribution in [-0.2, 0) is 12.8 Å². The van der Waals surface area contributed by atoms with Crippen molar-refractivity contribution in [2.45, 2.75) is 26.2 Å². The largest absolute Gasteiger partial charge is 0.397 e. The van der Waals surface area contributed by atoms with Gasteiger partial charge in [0.1, 0.15) is 0 Å². The topological polar surface area (TPSA) is 38.9 Å². The highest BCUT2D eigenvalue weighted by Crippen LogP contribution is 2.27. The van der Waals surface area contributed by atoms with Gasteiger partial charge in [0.25, 0.3) is 0 Å². The van der Waals surface area contributed by atoms with Gasteiger partial charge in [-0.3, -0.25) is 4.98 Å². The molecule has 1 aliphatic carbocycles. The standard InChI is InChI=1S/C15H16N2/c1-10-14(16)7-8-15(17-10)13-6-5-11-3-2-4-12(11)9-13/h5-9H,2-4,16H2,1H3. The summed E-state index contributed by atoms with van der Waals surface area (Å²) in [5, 5.41) is 0. The smallest absolute Gasteiger partial charge is 0.0706 e. The SMILES string of the molecule is Cc1nc(-c2ccc3c(c2)CCC3)ccc1N. The van der Waals surface area contributed by atoms with Gasteiger partial charge in [-0.1, -0.05) is 12.1 Å². The van der Waals surface area contributed by atoms with Crippen LogP contribution in [0.2, 0.25) is 0 Å². The monoisotopic (exact) mass is 224 g/mol. The van der Waals surface area contributed by atoms with E-state index in [0.717, 1.165) is 17.1 Å². The third-order valence-corrected chi connectivity index (χ3v) is 3.52. The molecule has 0 aliphatic heterocycles. The Morgan fingerprint density at radius 1 is 1.06 bits per heavy atom. The Labute approximate surface area is 102 Å². The number of aryl methyl sites for hydroxylation is 3. The van der Waals surface area contributed by atoms with E-state index in [4.69, 9.17) is 5.73 Å². The van der Waals surface area contributed by atoms with Crippen LogP contribution in [0.4, 0.5) is 5.69 Å². The van der Waals surface area contributed by atoms with Gasteiger partial charge in [-0.2, -0.15) is 0 Å². The van der Waals surface area contributed by atoms with Crippen LogP contribution in [0.25, 0.3) is 11.3 Å². The summed E-state index contributed by atoms with van der Waals surface area (Å²) >= 11 is 0. The summed E-state index contributed by atoms with van der Waals surface area (Å²) in [6.45, 7) is 1.95. The molecule has 2 heteroatoms. The fourth-order valence-corrected chi connectivity index (χ4v) is 2.46. The van der Waals surface area contributed by atoms with Crippen molar-refractivity contribution in [3.05, 3.63) is 47.2 Å². The van der Waals surface area contributed by atoms with E-state index in [2.05, 4.69) is 23.2 Å². The fourth-order valence-electron chi connectivity index (χ4n) is 2.46. The van der Waals surface area contributed by atoms with Gasteiger partial charge in [-0.25, -0.2) is 0 Å². The van der Waals surface area contributed by atoms with E-state index >= 15 is 0 Å². The van der Waals surface area contributed by atoms with Gasteiger partial charge in [0.05, 0.1) is 17.1 Å². The zero-order valence-corrected chi connectivity index (χ0v) is 10.0. The van der Waals surface area contributed by atoms with Crippen molar-refractivity contribution in [2.24, 2.45) is 0 Å².